The minimum Gasteiger partial charge on any atom is -0.368 e. The maximum Gasteiger partial charge on any atom is 0.329 e. The first kappa shape index (κ1) is 20.4. The van der Waals surface area contributed by atoms with Crippen molar-refractivity contribution >= 4 is 17.7 Å². The fraction of sp³-hybridized carbons (Fsp3) is 0.0952. The predicted molar refractivity (Wildman–Crippen MR) is 114 cm³/mol. The zero-order valence-corrected chi connectivity index (χ0v) is 16.9. The molecule has 11 heteroatoms. The van der Waals surface area contributed by atoms with Crippen LogP contribution in [0.15, 0.2) is 54.7 Å². The molecule has 32 heavy (non-hydrogen) atoms. The molecule has 3 N–H and O–H groups in total. The Kier molecular flexibility index (Phi) is 5.67. The van der Waals surface area contributed by atoms with Crippen molar-refractivity contribution < 1.29 is 9.63 Å². The molecule has 3 aromatic heterocycles. The molecule has 3 heterocycles. The number of benzene rings is 1. The molecule has 0 saturated carbocycles. The van der Waals surface area contributed by atoms with Gasteiger partial charge in [-0.25, -0.2) is 25.1 Å². The summed E-state index contributed by atoms with van der Waals surface area (Å²) in [6.07, 6.45) is 1.71. The number of aromatic nitrogens is 6. The average Bonchev–Trinajstić information content (AvgIpc) is 3.26. The van der Waals surface area contributed by atoms with Crippen molar-refractivity contribution in [2.45, 2.75) is 13.5 Å². The number of hydrogen-bond donors (Lipinski definition) is 2. The van der Waals surface area contributed by atoms with E-state index < -0.39 is 5.97 Å². The highest BCUT2D eigenvalue weighted by atomic mass is 16.7. The van der Waals surface area contributed by atoms with Crippen molar-refractivity contribution in [3.05, 3.63) is 66.0 Å². The summed E-state index contributed by atoms with van der Waals surface area (Å²) < 4.78 is 1.60. The molecule has 0 radical (unpaired) electrons. The molecule has 4 aromatic rings. The lowest BCUT2D eigenvalue weighted by molar-refractivity contribution is -0.138. The van der Waals surface area contributed by atoms with Gasteiger partial charge in [-0.2, -0.15) is 5.26 Å². The van der Waals surface area contributed by atoms with E-state index in [1.165, 1.54) is 6.92 Å². The Balaban J connectivity index is 1.56. The van der Waals surface area contributed by atoms with Crippen LogP contribution in [0.2, 0.25) is 0 Å². The SMILES string of the molecule is CC(=O)ONc1cccc(Cn2cc(-c3cc(-c4cccc(C#N)c4)nc(N)n3)nn2)n1. The Morgan fingerprint density at radius 3 is 2.75 bits per heavy atom. The third-order valence-corrected chi connectivity index (χ3v) is 4.26. The van der Waals surface area contributed by atoms with Crippen LogP contribution in [0.5, 0.6) is 0 Å². The molecule has 11 nitrogen and oxygen atoms in total. The second-order valence-electron chi connectivity index (χ2n) is 6.70. The summed E-state index contributed by atoms with van der Waals surface area (Å²) in [6.45, 7) is 1.62. The van der Waals surface area contributed by atoms with Crippen LogP contribution in [-0.4, -0.2) is 35.9 Å². The lowest BCUT2D eigenvalue weighted by Crippen LogP contribution is -2.09. The number of nitrogens with zero attached hydrogens (tertiary/aromatic N) is 7. The van der Waals surface area contributed by atoms with Crippen molar-refractivity contribution in [1.82, 2.24) is 29.9 Å². The second-order valence-corrected chi connectivity index (χ2v) is 6.70. The Morgan fingerprint density at radius 2 is 1.94 bits per heavy atom. The molecule has 0 atom stereocenters. The van der Waals surface area contributed by atoms with Crippen LogP contribution < -0.4 is 11.2 Å². The molecule has 0 saturated heterocycles. The van der Waals surface area contributed by atoms with E-state index in [0.29, 0.717) is 40.7 Å². The van der Waals surface area contributed by atoms with Crippen LogP contribution in [0.3, 0.4) is 0 Å². The molecule has 0 aliphatic carbocycles. The van der Waals surface area contributed by atoms with E-state index in [0.717, 1.165) is 5.56 Å². The summed E-state index contributed by atoms with van der Waals surface area (Å²) in [4.78, 5) is 28.6. The maximum atomic E-state index is 10.9. The van der Waals surface area contributed by atoms with Gasteiger partial charge in [-0.1, -0.05) is 23.4 Å². The zero-order chi connectivity index (χ0) is 22.5. The van der Waals surface area contributed by atoms with Gasteiger partial charge >= 0.3 is 5.97 Å². The van der Waals surface area contributed by atoms with E-state index in [9.17, 15) is 4.79 Å². The number of nitrogens with two attached hydrogens (primary N) is 1. The molecule has 1 aromatic carbocycles. The number of nitrogens with one attached hydrogen (secondary N) is 1. The highest BCUT2D eigenvalue weighted by molar-refractivity contribution is 5.68. The van der Waals surface area contributed by atoms with Gasteiger partial charge in [-0.05, 0) is 30.3 Å². The Morgan fingerprint density at radius 1 is 1.12 bits per heavy atom. The van der Waals surface area contributed by atoms with E-state index in [1.54, 1.807) is 47.3 Å². The van der Waals surface area contributed by atoms with Crippen molar-refractivity contribution in [2.75, 3.05) is 11.2 Å². The minimum atomic E-state index is -0.471. The van der Waals surface area contributed by atoms with Crippen LogP contribution in [-0.2, 0) is 16.2 Å². The fourth-order valence-electron chi connectivity index (χ4n) is 2.90. The van der Waals surface area contributed by atoms with Crippen LogP contribution in [0, 0.1) is 11.3 Å². The minimum absolute atomic E-state index is 0.0836. The first-order valence-electron chi connectivity index (χ1n) is 9.45. The fourth-order valence-corrected chi connectivity index (χ4v) is 2.90. The Bertz CT molecular complexity index is 1330. The quantitative estimate of drug-likeness (QED) is 0.437. The van der Waals surface area contributed by atoms with Gasteiger partial charge in [0.1, 0.15) is 5.69 Å². The number of anilines is 2. The van der Waals surface area contributed by atoms with Crippen LogP contribution in [0.1, 0.15) is 18.2 Å². The van der Waals surface area contributed by atoms with Crippen LogP contribution in [0.4, 0.5) is 11.8 Å². The maximum absolute atomic E-state index is 10.9. The number of pyridine rings is 1. The molecule has 4 rings (SSSR count). The van der Waals surface area contributed by atoms with Crippen LogP contribution in [0.25, 0.3) is 22.6 Å². The van der Waals surface area contributed by atoms with Crippen molar-refractivity contribution in [3.63, 3.8) is 0 Å². The summed E-state index contributed by atoms with van der Waals surface area (Å²) in [5.74, 6) is 0.00661. The normalized spacial score (nSPS) is 10.4. The summed E-state index contributed by atoms with van der Waals surface area (Å²) in [5.41, 5.74) is 11.9. The topological polar surface area (TPSA) is 158 Å². The smallest absolute Gasteiger partial charge is 0.329 e. The highest BCUT2D eigenvalue weighted by Crippen LogP contribution is 2.24. The molecule has 0 spiro atoms. The standard InChI is InChI=1S/C21H17N9O2/c1-13(31)32-28-20-7-3-6-16(24-20)11-30-12-19(27-29-30)18-9-17(25-21(23)26-18)15-5-2-4-14(8-15)10-22/h2-9,12H,11H2,1H3,(H,24,28)(H2,23,25,26). The van der Waals surface area contributed by atoms with Gasteiger partial charge in [0, 0.05) is 12.5 Å². The summed E-state index contributed by atoms with van der Waals surface area (Å²) >= 11 is 0. The number of nitriles is 1. The van der Waals surface area contributed by atoms with E-state index in [1.807, 2.05) is 12.1 Å². The van der Waals surface area contributed by atoms with Crippen molar-refractivity contribution in [1.29, 1.82) is 5.26 Å². The van der Waals surface area contributed by atoms with Gasteiger partial charge in [0.05, 0.1) is 41.5 Å². The molecular formula is C21H17N9O2. The molecule has 0 amide bonds. The Hall–Kier alpha value is -4.85. The monoisotopic (exact) mass is 427 g/mol. The molecule has 158 valence electrons. The van der Waals surface area contributed by atoms with Crippen LogP contribution >= 0.6 is 0 Å². The van der Waals surface area contributed by atoms with E-state index in [4.69, 9.17) is 15.8 Å². The number of nitrogen functional groups attached to an aromatic ring is 1. The van der Waals surface area contributed by atoms with Gasteiger partial charge in [-0.15, -0.1) is 5.10 Å². The van der Waals surface area contributed by atoms with Gasteiger partial charge in [0.2, 0.25) is 5.95 Å². The molecule has 0 aliphatic heterocycles. The van der Waals surface area contributed by atoms with Gasteiger partial charge in [0.15, 0.2) is 5.82 Å². The number of carbonyl (C=O) groups excluding carboxylic acids is 1. The third-order valence-electron chi connectivity index (χ3n) is 4.26. The van der Waals surface area contributed by atoms with Gasteiger partial charge in [-0.3, -0.25) is 4.79 Å². The first-order chi connectivity index (χ1) is 15.5. The molecule has 0 fully saturated rings. The van der Waals surface area contributed by atoms with Gasteiger partial charge < -0.3 is 10.6 Å². The largest absolute Gasteiger partial charge is 0.368 e. The molecule has 0 bridgehead atoms. The van der Waals surface area contributed by atoms with E-state index in [2.05, 4.69) is 36.8 Å². The van der Waals surface area contributed by atoms with Gasteiger partial charge in [0.25, 0.3) is 0 Å². The van der Waals surface area contributed by atoms with Crippen molar-refractivity contribution in [3.8, 4) is 28.7 Å². The number of hydrogen-bond acceptors (Lipinski definition) is 10. The van der Waals surface area contributed by atoms with Crippen molar-refractivity contribution in [2.24, 2.45) is 0 Å². The summed E-state index contributed by atoms with van der Waals surface area (Å²) in [5, 5.41) is 17.4. The predicted octanol–water partition coefficient (Wildman–Crippen LogP) is 2.19. The number of carbonyl (C=O) groups is 1. The lowest BCUT2D eigenvalue weighted by atomic mass is 10.1. The number of rotatable bonds is 6. The average molecular weight is 427 g/mol. The van der Waals surface area contributed by atoms with E-state index in [-0.39, 0.29) is 5.95 Å². The third kappa shape index (κ3) is 4.82. The molecular weight excluding hydrogens is 410 g/mol. The van der Waals surface area contributed by atoms with E-state index >= 15 is 0 Å². The molecule has 0 unspecified atom stereocenters. The molecule has 0 aliphatic rings. The lowest BCUT2D eigenvalue weighted by Gasteiger charge is -2.06. The summed E-state index contributed by atoms with van der Waals surface area (Å²) in [6, 6.07) is 16.2. The summed E-state index contributed by atoms with van der Waals surface area (Å²) in [7, 11) is 0. The second kappa shape index (κ2) is 8.88. The highest BCUT2D eigenvalue weighted by Gasteiger charge is 2.12. The Labute approximate surface area is 182 Å². The zero-order valence-electron chi connectivity index (χ0n) is 16.9. The first-order valence-corrected chi connectivity index (χ1v) is 9.45.